The van der Waals surface area contributed by atoms with Gasteiger partial charge in [0.15, 0.2) is 0 Å². The van der Waals surface area contributed by atoms with Gasteiger partial charge in [-0.25, -0.2) is 13.1 Å². The highest BCUT2D eigenvalue weighted by Gasteiger charge is 2.19. The highest BCUT2D eigenvalue weighted by atomic mass is 35.5. The van der Waals surface area contributed by atoms with Crippen LogP contribution in [0.4, 0.5) is 0 Å². The van der Waals surface area contributed by atoms with E-state index in [9.17, 15) is 8.42 Å². The van der Waals surface area contributed by atoms with Crippen LogP contribution in [0, 0.1) is 0 Å². The first-order chi connectivity index (χ1) is 12.0. The number of hydrogen-bond acceptors (Lipinski definition) is 4. The molecule has 0 aliphatic rings. The molecule has 0 bridgehead atoms. The Hall–Kier alpha value is -2.28. The summed E-state index contributed by atoms with van der Waals surface area (Å²) in [5.41, 5.74) is 2.80. The van der Waals surface area contributed by atoms with Gasteiger partial charge in [-0.15, -0.1) is 0 Å². The van der Waals surface area contributed by atoms with Crippen LogP contribution in [-0.2, 0) is 16.6 Å². The minimum atomic E-state index is -3.75. The maximum atomic E-state index is 12.5. The monoisotopic (exact) mass is 377 g/mol. The van der Waals surface area contributed by atoms with Crippen LogP contribution in [0.1, 0.15) is 5.56 Å². The number of furan rings is 1. The van der Waals surface area contributed by atoms with Gasteiger partial charge in [-0.2, -0.15) is 0 Å². The van der Waals surface area contributed by atoms with E-state index in [-0.39, 0.29) is 17.2 Å². The molecule has 0 spiro atoms. The van der Waals surface area contributed by atoms with Gasteiger partial charge in [0.05, 0.1) is 19.6 Å². The zero-order chi connectivity index (χ0) is 17.9. The third-order valence-corrected chi connectivity index (χ3v) is 5.35. The molecule has 2 aromatic carbocycles. The number of sulfonamides is 1. The maximum absolute atomic E-state index is 12.5. The number of benzene rings is 2. The lowest BCUT2D eigenvalue weighted by atomic mass is 10.1. The van der Waals surface area contributed by atoms with E-state index >= 15 is 0 Å². The molecule has 0 radical (unpaired) electrons. The standard InChI is InChI=1S/C18H16ClNO4S/c1-23-17-7-6-16(19)10-18(17)25(21,22)20-11-13-2-4-14(5-3-13)15-8-9-24-12-15/h2-10,12,20H,11H2,1H3. The van der Waals surface area contributed by atoms with Gasteiger partial charge in [0.25, 0.3) is 0 Å². The highest BCUT2D eigenvalue weighted by molar-refractivity contribution is 7.89. The van der Waals surface area contributed by atoms with Crippen molar-refractivity contribution in [3.63, 3.8) is 0 Å². The number of nitrogens with one attached hydrogen (secondary N) is 1. The van der Waals surface area contributed by atoms with E-state index in [0.717, 1.165) is 16.7 Å². The Morgan fingerprint density at radius 2 is 1.84 bits per heavy atom. The molecule has 1 heterocycles. The normalized spacial score (nSPS) is 11.4. The summed E-state index contributed by atoms with van der Waals surface area (Å²) in [6, 6.07) is 13.9. The predicted molar refractivity (Wildman–Crippen MR) is 96.2 cm³/mol. The van der Waals surface area contributed by atoms with Crippen molar-refractivity contribution in [2.45, 2.75) is 11.4 Å². The lowest BCUT2D eigenvalue weighted by molar-refractivity contribution is 0.402. The summed E-state index contributed by atoms with van der Waals surface area (Å²) in [5, 5.41) is 0.325. The van der Waals surface area contributed by atoms with Crippen LogP contribution < -0.4 is 9.46 Å². The molecular formula is C18H16ClNO4S. The molecule has 0 aliphatic carbocycles. The summed E-state index contributed by atoms with van der Waals surface area (Å²) in [6.45, 7) is 0.156. The van der Waals surface area contributed by atoms with Crippen molar-refractivity contribution in [1.82, 2.24) is 4.72 Å². The highest BCUT2D eigenvalue weighted by Crippen LogP contribution is 2.27. The Balaban J connectivity index is 1.75. The molecule has 0 fully saturated rings. The topological polar surface area (TPSA) is 68.5 Å². The molecule has 0 atom stereocenters. The molecule has 3 rings (SSSR count). The molecule has 3 aromatic rings. The lowest BCUT2D eigenvalue weighted by Gasteiger charge is -2.11. The van der Waals surface area contributed by atoms with Crippen LogP contribution >= 0.6 is 11.6 Å². The fraction of sp³-hybridized carbons (Fsp3) is 0.111. The van der Waals surface area contributed by atoms with E-state index in [2.05, 4.69) is 4.72 Å². The van der Waals surface area contributed by atoms with E-state index < -0.39 is 10.0 Å². The Morgan fingerprint density at radius 3 is 2.48 bits per heavy atom. The first-order valence-electron chi connectivity index (χ1n) is 7.44. The van der Waals surface area contributed by atoms with Crippen molar-refractivity contribution in [3.8, 4) is 16.9 Å². The van der Waals surface area contributed by atoms with E-state index in [4.69, 9.17) is 20.8 Å². The van der Waals surface area contributed by atoms with E-state index in [1.807, 2.05) is 30.3 Å². The second-order valence-electron chi connectivity index (χ2n) is 5.33. The summed E-state index contributed by atoms with van der Waals surface area (Å²) in [7, 11) is -2.34. The van der Waals surface area contributed by atoms with Crippen LogP contribution in [0.3, 0.4) is 0 Å². The van der Waals surface area contributed by atoms with Crippen molar-refractivity contribution in [2.24, 2.45) is 0 Å². The first kappa shape index (κ1) is 17.5. The molecule has 7 heteroatoms. The second kappa shape index (κ2) is 7.31. The molecule has 130 valence electrons. The minimum Gasteiger partial charge on any atom is -0.495 e. The Bertz CT molecular complexity index is 951. The molecule has 1 aromatic heterocycles. The van der Waals surface area contributed by atoms with Crippen LogP contribution in [0.5, 0.6) is 5.75 Å². The zero-order valence-electron chi connectivity index (χ0n) is 13.4. The Labute approximate surface area is 151 Å². The van der Waals surface area contributed by atoms with Crippen molar-refractivity contribution >= 4 is 21.6 Å². The van der Waals surface area contributed by atoms with Crippen LogP contribution in [-0.4, -0.2) is 15.5 Å². The van der Waals surface area contributed by atoms with Crippen molar-refractivity contribution < 1.29 is 17.6 Å². The van der Waals surface area contributed by atoms with Gasteiger partial charge in [0, 0.05) is 17.1 Å². The quantitative estimate of drug-likeness (QED) is 0.702. The Morgan fingerprint density at radius 1 is 1.08 bits per heavy atom. The smallest absolute Gasteiger partial charge is 0.244 e. The molecule has 1 N–H and O–H groups in total. The molecule has 0 amide bonds. The zero-order valence-corrected chi connectivity index (χ0v) is 15.0. The molecule has 5 nitrogen and oxygen atoms in total. The third-order valence-electron chi connectivity index (χ3n) is 3.69. The van der Waals surface area contributed by atoms with E-state index in [1.54, 1.807) is 18.6 Å². The number of hydrogen-bond donors (Lipinski definition) is 1. The molecule has 0 saturated heterocycles. The van der Waals surface area contributed by atoms with Crippen LogP contribution in [0.2, 0.25) is 5.02 Å². The molecule has 25 heavy (non-hydrogen) atoms. The van der Waals surface area contributed by atoms with E-state index in [0.29, 0.717) is 5.02 Å². The number of methoxy groups -OCH3 is 1. The fourth-order valence-electron chi connectivity index (χ4n) is 2.36. The fourth-order valence-corrected chi connectivity index (χ4v) is 3.81. The number of halogens is 1. The number of ether oxygens (including phenoxy) is 1. The van der Waals surface area contributed by atoms with Crippen LogP contribution in [0.25, 0.3) is 11.1 Å². The van der Waals surface area contributed by atoms with Gasteiger partial charge in [-0.1, -0.05) is 35.9 Å². The lowest BCUT2D eigenvalue weighted by Crippen LogP contribution is -2.23. The molecule has 0 aliphatic heterocycles. The van der Waals surface area contributed by atoms with E-state index in [1.165, 1.54) is 19.2 Å². The first-order valence-corrected chi connectivity index (χ1v) is 9.30. The Kier molecular flexibility index (Phi) is 5.13. The summed E-state index contributed by atoms with van der Waals surface area (Å²) in [5.74, 6) is 0.243. The summed E-state index contributed by atoms with van der Waals surface area (Å²) in [4.78, 5) is 0.0116. The van der Waals surface area contributed by atoms with Crippen LogP contribution in [0.15, 0.2) is 70.4 Å². The molecular weight excluding hydrogens is 362 g/mol. The van der Waals surface area contributed by atoms with Gasteiger partial charge in [0.1, 0.15) is 10.6 Å². The molecule has 0 unspecified atom stereocenters. The average Bonchev–Trinajstić information content (AvgIpc) is 3.15. The van der Waals surface area contributed by atoms with Gasteiger partial charge in [-0.05, 0) is 35.4 Å². The average molecular weight is 378 g/mol. The van der Waals surface area contributed by atoms with Crippen molar-refractivity contribution in [3.05, 3.63) is 71.6 Å². The van der Waals surface area contributed by atoms with Gasteiger partial charge in [0.2, 0.25) is 10.0 Å². The molecule has 0 saturated carbocycles. The number of rotatable bonds is 6. The van der Waals surface area contributed by atoms with Gasteiger partial charge >= 0.3 is 0 Å². The third kappa shape index (κ3) is 4.04. The van der Waals surface area contributed by atoms with Crippen molar-refractivity contribution in [1.29, 1.82) is 0 Å². The summed E-state index contributed by atoms with van der Waals surface area (Å²) in [6.07, 6.45) is 3.26. The van der Waals surface area contributed by atoms with Gasteiger partial charge in [-0.3, -0.25) is 0 Å². The second-order valence-corrected chi connectivity index (χ2v) is 7.50. The SMILES string of the molecule is COc1ccc(Cl)cc1S(=O)(=O)NCc1ccc(-c2ccoc2)cc1. The largest absolute Gasteiger partial charge is 0.495 e. The van der Waals surface area contributed by atoms with Crippen molar-refractivity contribution in [2.75, 3.05) is 7.11 Å². The minimum absolute atomic E-state index is 0.0116. The maximum Gasteiger partial charge on any atom is 0.244 e. The predicted octanol–water partition coefficient (Wildman–Crippen LogP) is 4.09. The summed E-state index contributed by atoms with van der Waals surface area (Å²) < 4.78 is 37.8. The summed E-state index contributed by atoms with van der Waals surface area (Å²) >= 11 is 5.91. The van der Waals surface area contributed by atoms with Gasteiger partial charge < -0.3 is 9.15 Å².